The number of halogens is 5. The van der Waals surface area contributed by atoms with Crippen molar-refractivity contribution in [1.29, 1.82) is 0 Å². The van der Waals surface area contributed by atoms with Crippen LogP contribution in [-0.2, 0) is 4.79 Å². The van der Waals surface area contributed by atoms with Gasteiger partial charge in [0, 0.05) is 30.8 Å². The van der Waals surface area contributed by atoms with Gasteiger partial charge in [0.05, 0.1) is 11.2 Å². The Bertz CT molecular complexity index is 1100. The van der Waals surface area contributed by atoms with Crippen LogP contribution in [0.2, 0.25) is 0 Å². The summed E-state index contributed by atoms with van der Waals surface area (Å²) in [6, 6.07) is 8.35. The largest absolute Gasteiger partial charge is 0.358 e. The van der Waals surface area contributed by atoms with Crippen LogP contribution in [0.4, 0.5) is 22.0 Å². The van der Waals surface area contributed by atoms with Crippen molar-refractivity contribution in [3.63, 3.8) is 0 Å². The normalized spacial score (nSPS) is 17.8. The van der Waals surface area contributed by atoms with Gasteiger partial charge in [0.1, 0.15) is 17.5 Å². The molecule has 2 N–H and O–H groups in total. The number of nitrogens with one attached hydrogen (secondary N) is 2. The Morgan fingerprint density at radius 1 is 1.03 bits per heavy atom. The van der Waals surface area contributed by atoms with Crippen molar-refractivity contribution < 1.29 is 26.7 Å². The number of hydrogen-bond acceptors (Lipinski definition) is 1. The zero-order chi connectivity index (χ0) is 22.9. The molecule has 5 rings (SSSR count). The second kappa shape index (κ2) is 8.92. The van der Waals surface area contributed by atoms with Crippen LogP contribution in [0.5, 0.6) is 0 Å². The van der Waals surface area contributed by atoms with Crippen LogP contribution in [0.3, 0.4) is 0 Å². The molecule has 0 atom stereocenters. The van der Waals surface area contributed by atoms with E-state index in [2.05, 4.69) is 10.3 Å². The molecule has 8 heteroatoms. The van der Waals surface area contributed by atoms with Crippen LogP contribution in [-0.4, -0.2) is 23.9 Å². The molecule has 0 aliphatic heterocycles. The molecular formula is C24H23F5N2O. The smallest absolute Gasteiger partial charge is 0.248 e. The first kappa shape index (κ1) is 22.3. The maximum Gasteiger partial charge on any atom is 0.248 e. The number of amides is 1. The Labute approximate surface area is 182 Å². The van der Waals surface area contributed by atoms with E-state index in [0.717, 1.165) is 42.1 Å². The van der Waals surface area contributed by atoms with Crippen molar-refractivity contribution in [2.45, 2.75) is 43.9 Å². The van der Waals surface area contributed by atoms with Gasteiger partial charge in [-0.05, 0) is 66.1 Å². The van der Waals surface area contributed by atoms with Crippen LogP contribution >= 0.6 is 0 Å². The molecule has 3 nitrogen and oxygen atoms in total. The third-order valence-electron chi connectivity index (χ3n) is 6.18. The Morgan fingerprint density at radius 3 is 2.28 bits per heavy atom. The number of carbonyl (C=O) groups excluding carboxylic acids is 1. The van der Waals surface area contributed by atoms with E-state index in [1.807, 2.05) is 0 Å². The Morgan fingerprint density at radius 2 is 1.72 bits per heavy atom. The van der Waals surface area contributed by atoms with E-state index in [4.69, 9.17) is 0 Å². The average Bonchev–Trinajstić information content (AvgIpc) is 3.04. The van der Waals surface area contributed by atoms with Gasteiger partial charge in [0.25, 0.3) is 0 Å². The number of benzene rings is 2. The number of rotatable bonds is 5. The van der Waals surface area contributed by atoms with E-state index in [1.165, 1.54) is 18.2 Å². The summed E-state index contributed by atoms with van der Waals surface area (Å²) in [5, 5.41) is 2.97. The number of carbonyl (C=O) groups is 1. The number of fused-ring (bicyclic) bond motifs is 1. The van der Waals surface area contributed by atoms with E-state index in [9.17, 15) is 26.7 Å². The van der Waals surface area contributed by atoms with Gasteiger partial charge < -0.3 is 10.3 Å². The van der Waals surface area contributed by atoms with Crippen molar-refractivity contribution in [1.82, 2.24) is 10.3 Å². The standard InChI is InChI=1S/C18H14F3N.C6H9F2NO/c19-12-6-4-11(5-7-12)17-16(10-2-1-3-10)14-8-13(20)9-15(21)18(14)22-17;7-6(8)1-5(2-6)3-9-4-10/h4-10,22H,1-3H2;4-5H,1-3H2,(H,9,10). The maximum atomic E-state index is 14.1. The molecule has 2 aliphatic carbocycles. The summed E-state index contributed by atoms with van der Waals surface area (Å²) in [5.41, 5.74) is 2.83. The molecule has 0 radical (unpaired) electrons. The lowest BCUT2D eigenvalue weighted by atomic mass is 9.78. The summed E-state index contributed by atoms with van der Waals surface area (Å²) in [6.45, 7) is 0.388. The van der Waals surface area contributed by atoms with Gasteiger partial charge in [0.2, 0.25) is 12.3 Å². The highest BCUT2D eigenvalue weighted by Crippen LogP contribution is 2.45. The molecule has 32 heavy (non-hydrogen) atoms. The lowest BCUT2D eigenvalue weighted by Gasteiger charge is -2.34. The van der Waals surface area contributed by atoms with Gasteiger partial charge in [0.15, 0.2) is 0 Å². The fourth-order valence-corrected chi connectivity index (χ4v) is 4.35. The average molecular weight is 450 g/mol. The number of aromatic amines is 1. The molecule has 1 heterocycles. The van der Waals surface area contributed by atoms with E-state index < -0.39 is 17.6 Å². The zero-order valence-corrected chi connectivity index (χ0v) is 17.2. The Hall–Kier alpha value is -2.90. The highest BCUT2D eigenvalue weighted by atomic mass is 19.3. The van der Waals surface area contributed by atoms with Crippen molar-refractivity contribution >= 4 is 17.3 Å². The topological polar surface area (TPSA) is 44.9 Å². The summed E-state index contributed by atoms with van der Waals surface area (Å²) < 4.78 is 65.0. The SMILES string of the molecule is Fc1ccc(-c2[nH]c3c(F)cc(F)cc3c2C2CCC2)cc1.O=CNCC1CC(F)(F)C1. The predicted octanol–water partition coefficient (Wildman–Crippen LogP) is 6.30. The Balaban J connectivity index is 0.000000207. The second-order valence-electron chi connectivity index (χ2n) is 8.51. The molecule has 0 saturated heterocycles. The first-order chi connectivity index (χ1) is 15.3. The highest BCUT2D eigenvalue weighted by Gasteiger charge is 2.44. The summed E-state index contributed by atoms with van der Waals surface area (Å²) in [6.07, 6.45) is 3.54. The molecular weight excluding hydrogens is 427 g/mol. The summed E-state index contributed by atoms with van der Waals surface area (Å²) >= 11 is 0. The van der Waals surface area contributed by atoms with Crippen molar-refractivity contribution in [2.24, 2.45) is 5.92 Å². The van der Waals surface area contributed by atoms with Gasteiger partial charge in [-0.15, -0.1) is 0 Å². The first-order valence-electron chi connectivity index (χ1n) is 10.6. The second-order valence-corrected chi connectivity index (χ2v) is 8.51. The first-order valence-corrected chi connectivity index (χ1v) is 10.6. The minimum atomic E-state index is -2.46. The molecule has 3 aromatic rings. The molecule has 1 amide bonds. The Kier molecular flexibility index (Phi) is 6.22. The van der Waals surface area contributed by atoms with Crippen molar-refractivity contribution in [2.75, 3.05) is 6.54 Å². The predicted molar refractivity (Wildman–Crippen MR) is 112 cm³/mol. The molecule has 2 aromatic carbocycles. The highest BCUT2D eigenvalue weighted by molar-refractivity contribution is 5.92. The molecule has 1 aromatic heterocycles. The quantitative estimate of drug-likeness (QED) is 0.348. The third-order valence-corrected chi connectivity index (χ3v) is 6.18. The van der Waals surface area contributed by atoms with Crippen molar-refractivity contribution in [3.05, 3.63) is 59.4 Å². The van der Waals surface area contributed by atoms with Gasteiger partial charge in [-0.1, -0.05) is 6.42 Å². The molecule has 0 spiro atoms. The van der Waals surface area contributed by atoms with Gasteiger partial charge in [-0.3, -0.25) is 4.79 Å². The van der Waals surface area contributed by atoms with Crippen LogP contribution < -0.4 is 5.32 Å². The molecule has 170 valence electrons. The van der Waals surface area contributed by atoms with E-state index >= 15 is 0 Å². The molecule has 0 unspecified atom stereocenters. The molecule has 0 bridgehead atoms. The number of hydrogen-bond donors (Lipinski definition) is 2. The molecule has 2 aliphatic rings. The number of aromatic nitrogens is 1. The van der Waals surface area contributed by atoms with Gasteiger partial charge >= 0.3 is 0 Å². The van der Waals surface area contributed by atoms with Crippen molar-refractivity contribution in [3.8, 4) is 11.3 Å². The van der Waals surface area contributed by atoms with Crippen LogP contribution in [0.15, 0.2) is 36.4 Å². The third kappa shape index (κ3) is 4.64. The van der Waals surface area contributed by atoms with Crippen LogP contribution in [0.1, 0.15) is 43.6 Å². The lowest BCUT2D eigenvalue weighted by Crippen LogP contribution is -2.40. The summed E-state index contributed by atoms with van der Waals surface area (Å²) in [7, 11) is 0. The van der Waals surface area contributed by atoms with Gasteiger partial charge in [-0.2, -0.15) is 0 Å². The van der Waals surface area contributed by atoms with Crippen LogP contribution in [0.25, 0.3) is 22.2 Å². The zero-order valence-electron chi connectivity index (χ0n) is 17.2. The number of H-pyrrole nitrogens is 1. The van der Waals surface area contributed by atoms with E-state index in [0.29, 0.717) is 29.8 Å². The monoisotopic (exact) mass is 450 g/mol. The van der Waals surface area contributed by atoms with Crippen LogP contribution in [0, 0.1) is 23.4 Å². The summed E-state index contributed by atoms with van der Waals surface area (Å²) in [4.78, 5) is 12.8. The van der Waals surface area contributed by atoms with Gasteiger partial charge in [-0.25, -0.2) is 22.0 Å². The fraction of sp³-hybridized carbons (Fsp3) is 0.375. The lowest BCUT2D eigenvalue weighted by molar-refractivity contribution is -0.117. The van der Waals surface area contributed by atoms with E-state index in [1.54, 1.807) is 12.1 Å². The molecule has 2 fully saturated rings. The fourth-order valence-electron chi connectivity index (χ4n) is 4.35. The van der Waals surface area contributed by atoms with E-state index in [-0.39, 0.29) is 24.6 Å². The number of alkyl halides is 2. The maximum absolute atomic E-state index is 14.1. The minimum Gasteiger partial charge on any atom is -0.358 e. The summed E-state index contributed by atoms with van der Waals surface area (Å²) in [5.74, 6) is -3.66. The minimum absolute atomic E-state index is 0.0137. The molecule has 2 saturated carbocycles.